The minimum absolute atomic E-state index is 0.281. The topological polar surface area (TPSA) is 59.5 Å². The Hall–Kier alpha value is -1.92. The molecule has 1 aromatic carbocycles. The van der Waals surface area contributed by atoms with Gasteiger partial charge in [0.05, 0.1) is 7.11 Å². The van der Waals surface area contributed by atoms with Gasteiger partial charge < -0.3 is 4.74 Å². The molecule has 0 N–H and O–H groups in total. The summed E-state index contributed by atoms with van der Waals surface area (Å²) in [5, 5.41) is 0. The lowest BCUT2D eigenvalue weighted by molar-refractivity contribution is 0.256. The maximum atomic E-state index is 12.8. The molecule has 2 heterocycles. The van der Waals surface area contributed by atoms with Crippen molar-refractivity contribution in [1.82, 2.24) is 9.29 Å². The van der Waals surface area contributed by atoms with Crippen LogP contribution in [0.15, 0.2) is 53.7 Å². The summed E-state index contributed by atoms with van der Waals surface area (Å²) in [5.74, 6) is 1.24. The van der Waals surface area contributed by atoms with Crippen LogP contribution in [0, 0.1) is 5.92 Å². The van der Waals surface area contributed by atoms with Gasteiger partial charge in [-0.2, -0.15) is 4.31 Å². The van der Waals surface area contributed by atoms with Gasteiger partial charge in [-0.1, -0.05) is 12.1 Å². The van der Waals surface area contributed by atoms with Crippen LogP contribution in [-0.4, -0.2) is 37.9 Å². The highest BCUT2D eigenvalue weighted by atomic mass is 32.2. The van der Waals surface area contributed by atoms with E-state index in [1.165, 1.54) is 11.8 Å². The number of hydrogen-bond acceptors (Lipinski definition) is 4. The minimum atomic E-state index is -3.44. The number of aromatic nitrogens is 1. The van der Waals surface area contributed by atoms with Crippen LogP contribution in [0.5, 0.6) is 5.75 Å². The lowest BCUT2D eigenvalue weighted by Crippen LogP contribution is -2.40. The summed E-state index contributed by atoms with van der Waals surface area (Å²) >= 11 is 0. The van der Waals surface area contributed by atoms with Crippen LogP contribution in [0.3, 0.4) is 0 Å². The van der Waals surface area contributed by atoms with Gasteiger partial charge in [0, 0.05) is 25.5 Å². The molecular formula is C19H24N2O3S. The molecule has 1 atom stereocenters. The van der Waals surface area contributed by atoms with E-state index in [-0.39, 0.29) is 4.90 Å². The largest absolute Gasteiger partial charge is 0.497 e. The summed E-state index contributed by atoms with van der Waals surface area (Å²) in [6, 6.07) is 11.3. The van der Waals surface area contributed by atoms with Gasteiger partial charge in [-0.05, 0) is 61.4 Å². The number of benzene rings is 1. The third kappa shape index (κ3) is 4.38. The number of sulfonamides is 1. The second kappa shape index (κ2) is 7.97. The number of methoxy groups -OCH3 is 1. The fourth-order valence-electron chi connectivity index (χ4n) is 3.33. The Morgan fingerprint density at radius 3 is 2.92 bits per heavy atom. The maximum Gasteiger partial charge on any atom is 0.244 e. The van der Waals surface area contributed by atoms with Crippen LogP contribution in [0.1, 0.15) is 24.8 Å². The molecule has 0 saturated carbocycles. The molecule has 1 saturated heterocycles. The molecule has 0 bridgehead atoms. The van der Waals surface area contributed by atoms with Crippen molar-refractivity contribution in [3.63, 3.8) is 0 Å². The fraction of sp³-hybridized carbons (Fsp3) is 0.421. The molecule has 6 heteroatoms. The molecule has 0 amide bonds. The zero-order valence-electron chi connectivity index (χ0n) is 14.5. The molecule has 0 radical (unpaired) electrons. The summed E-state index contributed by atoms with van der Waals surface area (Å²) in [4.78, 5) is 4.22. The van der Waals surface area contributed by atoms with E-state index in [1.54, 1.807) is 29.7 Å². The second-order valence-electron chi connectivity index (χ2n) is 6.45. The summed E-state index contributed by atoms with van der Waals surface area (Å²) in [5.41, 5.74) is 1.23. The molecule has 0 aliphatic carbocycles. The van der Waals surface area contributed by atoms with E-state index in [2.05, 4.69) is 11.1 Å². The Morgan fingerprint density at radius 1 is 1.28 bits per heavy atom. The smallest absolute Gasteiger partial charge is 0.244 e. The van der Waals surface area contributed by atoms with Gasteiger partial charge in [-0.3, -0.25) is 4.98 Å². The number of rotatable bonds is 6. The van der Waals surface area contributed by atoms with Crippen LogP contribution < -0.4 is 4.74 Å². The molecule has 134 valence electrons. The Bertz CT molecular complexity index is 793. The summed E-state index contributed by atoms with van der Waals surface area (Å²) in [6.07, 6.45) is 6.90. The highest BCUT2D eigenvalue weighted by Crippen LogP contribution is 2.26. The van der Waals surface area contributed by atoms with E-state index in [0.29, 0.717) is 19.0 Å². The molecule has 3 rings (SSSR count). The van der Waals surface area contributed by atoms with Gasteiger partial charge in [-0.25, -0.2) is 8.42 Å². The molecule has 1 fully saturated rings. The number of ether oxygens (including phenoxy) is 1. The first-order chi connectivity index (χ1) is 12.1. The number of nitrogens with zero attached hydrogens (tertiary/aromatic N) is 2. The van der Waals surface area contributed by atoms with E-state index < -0.39 is 10.0 Å². The first-order valence-corrected chi connectivity index (χ1v) is 10.1. The summed E-state index contributed by atoms with van der Waals surface area (Å²) in [6.45, 7) is 1.17. The summed E-state index contributed by atoms with van der Waals surface area (Å²) in [7, 11) is -1.77. The third-order valence-corrected chi connectivity index (χ3v) is 6.58. The number of piperidine rings is 1. The van der Waals surface area contributed by atoms with Crippen LogP contribution in [0.4, 0.5) is 0 Å². The monoisotopic (exact) mass is 360 g/mol. The van der Waals surface area contributed by atoms with Crippen molar-refractivity contribution in [2.24, 2.45) is 5.92 Å². The Labute approximate surface area is 149 Å². The molecule has 0 spiro atoms. The van der Waals surface area contributed by atoms with E-state index in [4.69, 9.17) is 4.74 Å². The van der Waals surface area contributed by atoms with Crippen molar-refractivity contribution >= 4 is 10.0 Å². The van der Waals surface area contributed by atoms with E-state index in [0.717, 1.165) is 31.4 Å². The molecule has 1 aromatic heterocycles. The molecule has 5 nitrogen and oxygen atoms in total. The molecular weight excluding hydrogens is 336 g/mol. The Morgan fingerprint density at radius 2 is 2.16 bits per heavy atom. The van der Waals surface area contributed by atoms with E-state index in [9.17, 15) is 8.42 Å². The predicted octanol–water partition coefficient (Wildman–Crippen LogP) is 3.12. The lowest BCUT2D eigenvalue weighted by Gasteiger charge is -2.32. The number of pyridine rings is 1. The van der Waals surface area contributed by atoms with Gasteiger partial charge >= 0.3 is 0 Å². The van der Waals surface area contributed by atoms with E-state index in [1.807, 2.05) is 18.2 Å². The zero-order chi connectivity index (χ0) is 17.7. The Kier molecular flexibility index (Phi) is 5.71. The summed E-state index contributed by atoms with van der Waals surface area (Å²) < 4.78 is 32.4. The fourth-order valence-corrected chi connectivity index (χ4v) is 4.85. The molecule has 1 aliphatic rings. The van der Waals surface area contributed by atoms with Crippen molar-refractivity contribution in [3.05, 3.63) is 54.4 Å². The van der Waals surface area contributed by atoms with Gasteiger partial charge in [0.1, 0.15) is 10.6 Å². The first-order valence-electron chi connectivity index (χ1n) is 8.62. The van der Waals surface area contributed by atoms with Gasteiger partial charge in [-0.15, -0.1) is 0 Å². The lowest BCUT2D eigenvalue weighted by atomic mass is 9.93. The van der Waals surface area contributed by atoms with Gasteiger partial charge in [0.25, 0.3) is 0 Å². The first kappa shape index (κ1) is 17.9. The highest BCUT2D eigenvalue weighted by molar-refractivity contribution is 7.89. The average molecular weight is 360 g/mol. The van der Waals surface area contributed by atoms with Crippen molar-refractivity contribution in [2.75, 3.05) is 20.2 Å². The van der Waals surface area contributed by atoms with Crippen LogP contribution in [0.25, 0.3) is 0 Å². The van der Waals surface area contributed by atoms with Crippen molar-refractivity contribution < 1.29 is 13.2 Å². The van der Waals surface area contributed by atoms with Gasteiger partial charge in [0.2, 0.25) is 10.0 Å². The molecule has 2 aromatic rings. The average Bonchev–Trinajstić information content (AvgIpc) is 2.67. The van der Waals surface area contributed by atoms with Crippen molar-refractivity contribution in [1.29, 1.82) is 0 Å². The van der Waals surface area contributed by atoms with Crippen LogP contribution in [0.2, 0.25) is 0 Å². The quantitative estimate of drug-likeness (QED) is 0.794. The highest BCUT2D eigenvalue weighted by Gasteiger charge is 2.30. The predicted molar refractivity (Wildman–Crippen MR) is 97.0 cm³/mol. The van der Waals surface area contributed by atoms with E-state index >= 15 is 0 Å². The zero-order valence-corrected chi connectivity index (χ0v) is 15.3. The van der Waals surface area contributed by atoms with Crippen molar-refractivity contribution in [3.8, 4) is 5.75 Å². The molecule has 0 unspecified atom stereocenters. The maximum absolute atomic E-state index is 12.8. The Balaban J connectivity index is 1.63. The van der Waals surface area contributed by atoms with Crippen LogP contribution in [-0.2, 0) is 16.4 Å². The normalized spacial score (nSPS) is 18.8. The second-order valence-corrected chi connectivity index (χ2v) is 8.39. The minimum Gasteiger partial charge on any atom is -0.497 e. The molecule has 1 aliphatic heterocycles. The number of aryl methyl sites for hydroxylation is 1. The van der Waals surface area contributed by atoms with Crippen LogP contribution >= 0.6 is 0 Å². The SMILES string of the molecule is COc1cccc(CC[C@@H]2CCCN(S(=O)(=O)c3cccnc3)C2)c1. The van der Waals surface area contributed by atoms with Crippen molar-refractivity contribution in [2.45, 2.75) is 30.6 Å². The van der Waals surface area contributed by atoms with Gasteiger partial charge in [0.15, 0.2) is 0 Å². The third-order valence-electron chi connectivity index (χ3n) is 4.73. The standard InChI is InChI=1S/C19H24N2O3S/c1-24-18-7-2-5-16(13-18)9-10-17-6-4-12-21(15-17)25(22,23)19-8-3-11-20-14-19/h2-3,5,7-8,11,13-14,17H,4,6,9-10,12,15H2,1H3/t17-/m0/s1. The molecule has 25 heavy (non-hydrogen) atoms. The number of hydrogen-bond donors (Lipinski definition) is 0.